The number of nitrogens with one attached hydrogen (secondary N) is 4. The monoisotopic (exact) mass is 1410 g/mol. The lowest BCUT2D eigenvalue weighted by atomic mass is 9.85. The number of esters is 2. The van der Waals surface area contributed by atoms with E-state index in [4.69, 9.17) is 28.7 Å². The summed E-state index contributed by atoms with van der Waals surface area (Å²) in [7, 11) is -0.266. The van der Waals surface area contributed by atoms with Crippen LogP contribution in [-0.2, 0) is 84.2 Å². The number of ether oxygens (including phenoxy) is 5. The molecule has 11 rings (SSSR count). The van der Waals surface area contributed by atoms with Crippen LogP contribution in [0.5, 0.6) is 11.5 Å². The maximum atomic E-state index is 14.5. The molecule has 0 bridgehead atoms. The van der Waals surface area contributed by atoms with Crippen molar-refractivity contribution in [1.29, 1.82) is 0 Å². The number of para-hydroxylation sites is 1. The Bertz CT molecular complexity index is 4400. The summed E-state index contributed by atoms with van der Waals surface area (Å²) in [6.07, 6.45) is 4.79. The highest BCUT2D eigenvalue weighted by atomic mass is 28.2. The van der Waals surface area contributed by atoms with Gasteiger partial charge in [0.1, 0.15) is 35.9 Å². The van der Waals surface area contributed by atoms with Crippen molar-refractivity contribution in [1.82, 2.24) is 54.6 Å². The van der Waals surface area contributed by atoms with Gasteiger partial charge in [-0.1, -0.05) is 65.3 Å². The van der Waals surface area contributed by atoms with Gasteiger partial charge in [0, 0.05) is 78.8 Å². The minimum absolute atomic E-state index is 0.0336. The number of rotatable bonds is 30. The third-order valence-corrected chi connectivity index (χ3v) is 20.7. The number of hydrogen-bond acceptors (Lipinski definition) is 18. The van der Waals surface area contributed by atoms with E-state index in [0.717, 1.165) is 58.7 Å². The number of benzene rings is 3. The number of fused-ring (bicyclic) bond motifs is 6. The standard InChI is InChI=1S/C72H87N11O17Si/c1-7-46-47-12-9-10-13-53(47)75-62-50(46)39-82-57(62)36-52-51(66(82)90)40-99-69(93)72(52,8-2)100-68(92)65(101-42(5)6)76-64(89)56-14-11-23-81(56)67(91)54(37-61(87)88)74-60(86)21-28-96-30-32-98-33-31-97-29-22-73-70(94)80-25-18-43(19-26-80)17-24-79-27-20-44-34-45(15-16-55(44)79)83-63(77-78-71(83)95)49-35-48(41(3)4)58(84)38-59(49)85/h9-10,12-13,15-16,20,27,34-36,38,41-43,54,56,65,84-85H,7-8,11,14,17-19,21-26,28-33,37,39-40H2,1-6H3,(H,73,94)(H,74,86)(H,76,89)(H,78,95)(H,87,88)/t54-,56-,65-,72-/m0/s1. The predicted molar refractivity (Wildman–Crippen MR) is 371 cm³/mol. The molecule has 4 aromatic heterocycles. The second-order valence-electron chi connectivity index (χ2n) is 26.5. The maximum Gasteiger partial charge on any atom is 0.355 e. The number of carbonyl (C=O) groups is 7. The molecule has 2 saturated heterocycles. The molecule has 101 heavy (non-hydrogen) atoms. The minimum atomic E-state index is -2.06. The van der Waals surface area contributed by atoms with Gasteiger partial charge in [-0.05, 0) is 110 Å². The van der Waals surface area contributed by atoms with E-state index in [1.807, 2.05) is 94.2 Å². The summed E-state index contributed by atoms with van der Waals surface area (Å²) in [6, 6.07) is 17.2. The van der Waals surface area contributed by atoms with Gasteiger partial charge in [-0.25, -0.2) is 29.0 Å². The fourth-order valence-corrected chi connectivity index (χ4v) is 15.1. The fraction of sp³-hybridized carbons (Fsp3) is 0.486. The molecule has 2 fully saturated rings. The molecule has 4 aliphatic heterocycles. The highest BCUT2D eigenvalue weighted by Gasteiger charge is 2.52. The fourth-order valence-electron chi connectivity index (χ4n) is 14.1. The lowest BCUT2D eigenvalue weighted by Crippen LogP contribution is -2.58. The number of nitrogens with zero attached hydrogens (tertiary/aromatic N) is 7. The number of H-pyrrole nitrogens is 1. The number of cyclic esters (lactones) is 1. The van der Waals surface area contributed by atoms with Crippen molar-refractivity contribution in [3.8, 4) is 40.0 Å². The summed E-state index contributed by atoms with van der Waals surface area (Å²) < 4.78 is 33.9. The first-order valence-corrected chi connectivity index (χ1v) is 35.8. The number of carboxylic acid groups (broad SMARTS) is 1. The summed E-state index contributed by atoms with van der Waals surface area (Å²) in [5.74, 6) is -4.98. The lowest BCUT2D eigenvalue weighted by Gasteiger charge is -2.37. The van der Waals surface area contributed by atoms with Crippen LogP contribution in [-0.4, -0.2) is 189 Å². The van der Waals surface area contributed by atoms with Crippen LogP contribution in [0.3, 0.4) is 0 Å². The first-order valence-electron chi connectivity index (χ1n) is 34.6. The summed E-state index contributed by atoms with van der Waals surface area (Å²) in [6.45, 7) is 14.5. The summed E-state index contributed by atoms with van der Waals surface area (Å²) >= 11 is 0. The zero-order valence-corrected chi connectivity index (χ0v) is 58.6. The Morgan fingerprint density at radius 2 is 1.58 bits per heavy atom. The van der Waals surface area contributed by atoms with Gasteiger partial charge in [0.2, 0.25) is 23.3 Å². The molecule has 0 unspecified atom stereocenters. The van der Waals surface area contributed by atoms with Crippen LogP contribution in [0.2, 0.25) is 5.54 Å². The summed E-state index contributed by atoms with van der Waals surface area (Å²) in [5.41, 5.74) is 2.19. The molecule has 3 aromatic carbocycles. The van der Waals surface area contributed by atoms with Crippen molar-refractivity contribution < 1.29 is 72.6 Å². The Morgan fingerprint density at radius 1 is 0.842 bits per heavy atom. The van der Waals surface area contributed by atoms with Crippen LogP contribution in [0, 0.1) is 5.92 Å². The number of piperidine rings is 1. The molecule has 0 spiro atoms. The number of hydrogen-bond donors (Lipinski definition) is 7. The lowest BCUT2D eigenvalue weighted by molar-refractivity contribution is -0.189. The predicted octanol–water partition coefficient (Wildman–Crippen LogP) is 6.10. The molecule has 0 aliphatic carbocycles. The zero-order chi connectivity index (χ0) is 71.8. The van der Waals surface area contributed by atoms with Gasteiger partial charge in [-0.3, -0.25) is 28.8 Å². The SMILES string of the molecule is CCc1c2c(nc3ccccc13)-c1cc3c(c(=O)n1C2)COC(=O)[C@@]3(CC)OC(=O)[C@@H](NC(=O)[C@@H]1CCCN1C(=O)[C@H](CC(=O)O)NC(=O)CCOCCOCCOCCNC(=O)N1CCC(CCn2ccc3cc(-n4c(-c5cc(C(C)C)c(O)cc5O)n[nH]c4=O)ccc32)CC1)[Si]C(C)C. The van der Waals surface area contributed by atoms with E-state index >= 15 is 0 Å². The number of aromatic hydroxyl groups is 2. The van der Waals surface area contributed by atoms with Crippen molar-refractivity contribution >= 4 is 73.0 Å². The number of aryl methyl sites for hydroxylation is 2. The smallest absolute Gasteiger partial charge is 0.355 e. The molecular weight excluding hydrogens is 1320 g/mol. The van der Waals surface area contributed by atoms with E-state index in [2.05, 4.69) is 30.7 Å². The highest BCUT2D eigenvalue weighted by molar-refractivity contribution is 6.46. The molecule has 4 aliphatic rings. The zero-order valence-electron chi connectivity index (χ0n) is 57.6. The van der Waals surface area contributed by atoms with E-state index < -0.39 is 76.6 Å². The van der Waals surface area contributed by atoms with E-state index in [-0.39, 0.29) is 134 Å². The number of carbonyl (C=O) groups excluding carboxylic acids is 6. The molecule has 7 aromatic rings. The van der Waals surface area contributed by atoms with Crippen molar-refractivity contribution in [2.24, 2.45) is 5.92 Å². The van der Waals surface area contributed by atoms with Crippen LogP contribution in [0.4, 0.5) is 4.79 Å². The van der Waals surface area contributed by atoms with Gasteiger partial charge in [-0.2, -0.15) is 5.10 Å². The Morgan fingerprint density at radius 3 is 2.31 bits per heavy atom. The molecule has 0 saturated carbocycles. The van der Waals surface area contributed by atoms with Crippen LogP contribution in [0.1, 0.15) is 127 Å². The van der Waals surface area contributed by atoms with Crippen molar-refractivity contribution in [3.05, 3.63) is 122 Å². The topological polar surface area (TPSA) is 359 Å². The third-order valence-electron chi connectivity index (χ3n) is 19.3. The van der Waals surface area contributed by atoms with Crippen LogP contribution in [0.15, 0.2) is 82.5 Å². The van der Waals surface area contributed by atoms with Crippen molar-refractivity contribution in [2.45, 2.75) is 154 Å². The first kappa shape index (κ1) is 72.5. The number of likely N-dealkylation sites (tertiary alicyclic amines) is 2. The Labute approximate surface area is 584 Å². The second kappa shape index (κ2) is 31.9. The summed E-state index contributed by atoms with van der Waals surface area (Å²) in [4.78, 5) is 131. The highest BCUT2D eigenvalue weighted by Crippen LogP contribution is 2.43. The molecule has 536 valence electrons. The van der Waals surface area contributed by atoms with Crippen LogP contribution < -0.4 is 27.2 Å². The maximum absolute atomic E-state index is 14.5. The third kappa shape index (κ3) is 15.8. The van der Waals surface area contributed by atoms with Gasteiger partial charge < -0.3 is 73.9 Å². The number of urea groups is 1. The first-order chi connectivity index (χ1) is 48.6. The quantitative estimate of drug-likeness (QED) is 0.0152. The molecule has 7 N–H and O–H groups in total. The molecular formula is C72H87N11O17Si. The summed E-state index contributed by atoms with van der Waals surface area (Å²) in [5, 5.41) is 47.8. The Hall–Kier alpha value is -9.71. The number of phenolic OH excluding ortho intramolecular Hbond substituents is 2. The van der Waals surface area contributed by atoms with E-state index in [9.17, 15) is 58.5 Å². The molecule has 28 nitrogen and oxygen atoms in total. The van der Waals surface area contributed by atoms with Crippen molar-refractivity contribution in [2.75, 3.05) is 65.8 Å². The minimum Gasteiger partial charge on any atom is -0.508 e. The normalized spacial score (nSPS) is 17.2. The largest absolute Gasteiger partial charge is 0.508 e. The molecule has 8 heterocycles. The number of aliphatic carboxylic acids is 1. The van der Waals surface area contributed by atoms with E-state index in [0.29, 0.717) is 66.6 Å². The van der Waals surface area contributed by atoms with Gasteiger partial charge in [0.25, 0.3) is 5.56 Å². The molecule has 5 amide bonds. The average molecular weight is 1410 g/mol. The Kier molecular flexibility index (Phi) is 22.9. The van der Waals surface area contributed by atoms with Gasteiger partial charge in [-0.15, -0.1) is 0 Å². The second-order valence-corrected chi connectivity index (χ2v) is 28.6. The van der Waals surface area contributed by atoms with E-state index in [1.165, 1.54) is 15.5 Å². The number of phenols is 2. The van der Waals surface area contributed by atoms with Crippen LogP contribution in [0.25, 0.3) is 50.3 Å². The van der Waals surface area contributed by atoms with Gasteiger partial charge >= 0.3 is 29.6 Å². The van der Waals surface area contributed by atoms with Crippen molar-refractivity contribution in [3.63, 3.8) is 0 Å². The number of aromatic amines is 1. The number of amides is 5. The average Bonchev–Trinajstić information content (AvgIpc) is 1.65. The van der Waals surface area contributed by atoms with E-state index in [1.54, 1.807) is 23.6 Å². The number of carboxylic acids is 1. The number of aromatic nitrogens is 6. The van der Waals surface area contributed by atoms with Gasteiger partial charge in [0.05, 0.1) is 95.8 Å². The molecule has 4 atom stereocenters. The number of pyridine rings is 2. The molecule has 29 heteroatoms. The Balaban J connectivity index is 0.574. The molecule has 2 radical (unpaired) electrons. The van der Waals surface area contributed by atoms with Crippen LogP contribution >= 0.6 is 0 Å². The van der Waals surface area contributed by atoms with Gasteiger partial charge in [0.15, 0.2) is 5.82 Å².